The van der Waals surface area contributed by atoms with Crippen molar-refractivity contribution < 1.29 is 4.74 Å². The van der Waals surface area contributed by atoms with Gasteiger partial charge in [0, 0.05) is 10.9 Å². The van der Waals surface area contributed by atoms with Crippen molar-refractivity contribution in [2.24, 2.45) is 5.84 Å². The van der Waals surface area contributed by atoms with Crippen molar-refractivity contribution in [1.29, 1.82) is 0 Å². The summed E-state index contributed by atoms with van der Waals surface area (Å²) in [5.41, 5.74) is 4.12. The molecule has 0 fully saturated rings. The zero-order chi connectivity index (χ0) is 14.9. The van der Waals surface area contributed by atoms with Gasteiger partial charge in [-0.05, 0) is 48.4 Å². The van der Waals surface area contributed by atoms with Crippen LogP contribution in [-0.4, -0.2) is 6.61 Å². The summed E-state index contributed by atoms with van der Waals surface area (Å²) in [6.07, 6.45) is 4.28. The number of rotatable bonds is 9. The molecule has 0 spiro atoms. The molecule has 0 radical (unpaired) electrons. The Labute approximate surface area is 131 Å². The van der Waals surface area contributed by atoms with E-state index < -0.39 is 0 Å². The number of hydrazine groups is 1. The first kappa shape index (κ1) is 16.0. The third-order valence-corrected chi connectivity index (χ3v) is 4.45. The number of unbranched alkanes of at least 4 members (excludes halogenated alkanes) is 1. The van der Waals surface area contributed by atoms with Crippen LogP contribution in [0.4, 0.5) is 0 Å². The van der Waals surface area contributed by atoms with Crippen LogP contribution in [0.25, 0.3) is 0 Å². The molecule has 1 atom stereocenters. The average Bonchev–Trinajstić information content (AvgIpc) is 3.03. The summed E-state index contributed by atoms with van der Waals surface area (Å²) in [5.74, 6) is 6.63. The van der Waals surface area contributed by atoms with Gasteiger partial charge in [-0.1, -0.05) is 31.5 Å². The fourth-order valence-corrected chi connectivity index (χ4v) is 2.94. The second-order valence-electron chi connectivity index (χ2n) is 5.11. The van der Waals surface area contributed by atoms with Gasteiger partial charge in [0.1, 0.15) is 5.75 Å². The normalized spacial score (nSPS) is 12.3. The molecule has 0 amide bonds. The predicted molar refractivity (Wildman–Crippen MR) is 89.5 cm³/mol. The SMILES string of the molecule is CCCCOc1ccc(C(CCc2cccs2)NN)cc1. The van der Waals surface area contributed by atoms with Gasteiger partial charge >= 0.3 is 0 Å². The maximum atomic E-state index is 5.70. The highest BCUT2D eigenvalue weighted by atomic mass is 32.1. The first-order valence-corrected chi connectivity index (χ1v) is 8.42. The van der Waals surface area contributed by atoms with Crippen molar-refractivity contribution in [3.8, 4) is 5.75 Å². The van der Waals surface area contributed by atoms with Gasteiger partial charge < -0.3 is 4.74 Å². The molecule has 1 unspecified atom stereocenters. The largest absolute Gasteiger partial charge is 0.494 e. The quantitative estimate of drug-likeness (QED) is 0.417. The predicted octanol–water partition coefficient (Wildman–Crippen LogP) is 4.06. The van der Waals surface area contributed by atoms with Crippen molar-refractivity contribution in [2.45, 2.75) is 38.6 Å². The zero-order valence-corrected chi connectivity index (χ0v) is 13.4. The molecule has 114 valence electrons. The van der Waals surface area contributed by atoms with Crippen LogP contribution in [0.2, 0.25) is 0 Å². The third-order valence-electron chi connectivity index (χ3n) is 3.51. The van der Waals surface area contributed by atoms with Crippen LogP contribution in [0.1, 0.15) is 42.7 Å². The topological polar surface area (TPSA) is 47.3 Å². The van der Waals surface area contributed by atoms with E-state index in [1.54, 1.807) is 11.3 Å². The molecule has 3 N–H and O–H groups in total. The molecule has 1 aromatic carbocycles. The summed E-state index contributed by atoms with van der Waals surface area (Å²) in [7, 11) is 0. The van der Waals surface area contributed by atoms with E-state index in [0.717, 1.165) is 38.0 Å². The van der Waals surface area contributed by atoms with Crippen molar-refractivity contribution in [1.82, 2.24) is 5.43 Å². The molecule has 0 aliphatic rings. The van der Waals surface area contributed by atoms with Gasteiger partial charge in [0.15, 0.2) is 0 Å². The minimum Gasteiger partial charge on any atom is -0.494 e. The summed E-state index contributed by atoms with van der Waals surface area (Å²) in [6, 6.07) is 12.7. The van der Waals surface area contributed by atoms with Crippen LogP contribution in [0.5, 0.6) is 5.75 Å². The Morgan fingerprint density at radius 1 is 1.24 bits per heavy atom. The fraction of sp³-hybridized carbons (Fsp3) is 0.412. The van der Waals surface area contributed by atoms with E-state index in [0.29, 0.717) is 0 Å². The molecule has 0 saturated heterocycles. The van der Waals surface area contributed by atoms with Crippen molar-refractivity contribution in [2.75, 3.05) is 6.61 Å². The fourth-order valence-electron chi connectivity index (χ4n) is 2.22. The molecule has 0 saturated carbocycles. The Bertz CT molecular complexity index is 496. The lowest BCUT2D eigenvalue weighted by atomic mass is 10.0. The lowest BCUT2D eigenvalue weighted by molar-refractivity contribution is 0.309. The maximum Gasteiger partial charge on any atom is 0.119 e. The Morgan fingerprint density at radius 2 is 2.05 bits per heavy atom. The number of thiophene rings is 1. The first-order valence-electron chi connectivity index (χ1n) is 7.54. The van der Waals surface area contributed by atoms with E-state index in [2.05, 4.69) is 42.0 Å². The van der Waals surface area contributed by atoms with Gasteiger partial charge in [0.05, 0.1) is 6.61 Å². The van der Waals surface area contributed by atoms with Crippen LogP contribution < -0.4 is 16.0 Å². The number of ether oxygens (including phenoxy) is 1. The van der Waals surface area contributed by atoms with E-state index in [1.807, 2.05) is 12.1 Å². The number of nitrogens with one attached hydrogen (secondary N) is 1. The van der Waals surface area contributed by atoms with Crippen LogP contribution >= 0.6 is 11.3 Å². The van der Waals surface area contributed by atoms with Crippen LogP contribution in [0.15, 0.2) is 41.8 Å². The number of benzene rings is 1. The molecule has 0 aliphatic heterocycles. The van der Waals surface area contributed by atoms with Crippen LogP contribution in [0.3, 0.4) is 0 Å². The van der Waals surface area contributed by atoms with Gasteiger partial charge in [0.2, 0.25) is 0 Å². The second-order valence-corrected chi connectivity index (χ2v) is 6.14. The van der Waals surface area contributed by atoms with Gasteiger partial charge in [-0.2, -0.15) is 0 Å². The highest BCUT2D eigenvalue weighted by Crippen LogP contribution is 2.22. The Balaban J connectivity index is 1.88. The molecule has 2 aromatic rings. The Morgan fingerprint density at radius 3 is 2.67 bits per heavy atom. The number of nitrogens with two attached hydrogens (primary N) is 1. The molecular weight excluding hydrogens is 280 g/mol. The molecule has 0 aliphatic carbocycles. The molecular formula is C17H24N2OS. The maximum absolute atomic E-state index is 5.70. The standard InChI is InChI=1S/C17H24N2OS/c1-2-3-12-20-15-8-6-14(7-9-15)17(19-18)11-10-16-5-4-13-21-16/h4-9,13,17,19H,2-3,10-12,18H2,1H3. The monoisotopic (exact) mass is 304 g/mol. The summed E-state index contributed by atoms with van der Waals surface area (Å²) in [5, 5.41) is 2.11. The van der Waals surface area contributed by atoms with Gasteiger partial charge in [-0.3, -0.25) is 11.3 Å². The smallest absolute Gasteiger partial charge is 0.119 e. The third kappa shape index (κ3) is 5.16. The highest BCUT2D eigenvalue weighted by Gasteiger charge is 2.10. The van der Waals surface area contributed by atoms with E-state index in [4.69, 9.17) is 10.6 Å². The van der Waals surface area contributed by atoms with E-state index in [1.165, 1.54) is 10.4 Å². The van der Waals surface area contributed by atoms with Crippen LogP contribution in [0, 0.1) is 0 Å². The van der Waals surface area contributed by atoms with Gasteiger partial charge in [-0.15, -0.1) is 11.3 Å². The van der Waals surface area contributed by atoms with Crippen molar-refractivity contribution >= 4 is 11.3 Å². The summed E-state index contributed by atoms with van der Waals surface area (Å²) >= 11 is 1.80. The minimum atomic E-state index is 0.178. The van der Waals surface area contributed by atoms with Gasteiger partial charge in [0.25, 0.3) is 0 Å². The minimum absolute atomic E-state index is 0.178. The molecule has 3 nitrogen and oxygen atoms in total. The Kier molecular flexibility index (Phi) is 6.73. The molecule has 2 rings (SSSR count). The molecule has 0 bridgehead atoms. The number of aryl methyl sites for hydroxylation is 1. The van der Waals surface area contributed by atoms with Gasteiger partial charge in [-0.25, -0.2) is 0 Å². The first-order chi connectivity index (χ1) is 10.3. The molecule has 1 heterocycles. The molecule has 4 heteroatoms. The van der Waals surface area contributed by atoms with Crippen LogP contribution in [-0.2, 0) is 6.42 Å². The van der Waals surface area contributed by atoms with Crippen molar-refractivity contribution in [3.63, 3.8) is 0 Å². The van der Waals surface area contributed by atoms with Crippen molar-refractivity contribution in [3.05, 3.63) is 52.2 Å². The number of hydrogen-bond donors (Lipinski definition) is 2. The lowest BCUT2D eigenvalue weighted by Crippen LogP contribution is -2.28. The van der Waals surface area contributed by atoms with E-state index in [9.17, 15) is 0 Å². The van der Waals surface area contributed by atoms with E-state index >= 15 is 0 Å². The number of hydrogen-bond acceptors (Lipinski definition) is 4. The summed E-state index contributed by atoms with van der Waals surface area (Å²) in [4.78, 5) is 1.40. The highest BCUT2D eigenvalue weighted by molar-refractivity contribution is 7.09. The molecule has 21 heavy (non-hydrogen) atoms. The van der Waals surface area contributed by atoms with E-state index in [-0.39, 0.29) is 6.04 Å². The Hall–Kier alpha value is -1.36. The summed E-state index contributed by atoms with van der Waals surface area (Å²) in [6.45, 7) is 2.95. The molecule has 1 aromatic heterocycles. The lowest BCUT2D eigenvalue weighted by Gasteiger charge is -2.16. The second kappa shape index (κ2) is 8.82. The average molecular weight is 304 g/mol. The summed E-state index contributed by atoms with van der Waals surface area (Å²) < 4.78 is 5.68. The zero-order valence-electron chi connectivity index (χ0n) is 12.5.